The molecule has 0 bridgehead atoms. The van der Waals surface area contributed by atoms with Gasteiger partial charge in [-0.25, -0.2) is 4.98 Å². The predicted octanol–water partition coefficient (Wildman–Crippen LogP) is 2.45. The lowest BCUT2D eigenvalue weighted by molar-refractivity contribution is -0.121. The smallest absolute Gasteiger partial charge is 0.242 e. The fourth-order valence-corrected chi connectivity index (χ4v) is 2.64. The number of amides is 1. The van der Waals surface area contributed by atoms with Crippen LogP contribution in [0.5, 0.6) is 0 Å². The third kappa shape index (κ3) is 3.81. The molecule has 0 spiro atoms. The second-order valence-electron chi connectivity index (χ2n) is 4.72. The average molecular weight is 307 g/mol. The Morgan fingerprint density at radius 2 is 2.19 bits per heavy atom. The van der Waals surface area contributed by atoms with Gasteiger partial charge in [-0.1, -0.05) is 6.92 Å². The number of anilines is 2. The van der Waals surface area contributed by atoms with Crippen molar-refractivity contribution in [2.75, 3.05) is 23.7 Å². The van der Waals surface area contributed by atoms with Crippen LogP contribution in [0.4, 0.5) is 11.8 Å². The molecular formula is C14H21N5OS. The lowest BCUT2D eigenvalue weighted by atomic mass is 10.3. The van der Waals surface area contributed by atoms with Gasteiger partial charge in [0.05, 0.1) is 5.39 Å². The minimum atomic E-state index is -0.343. The van der Waals surface area contributed by atoms with Crippen LogP contribution in [0.25, 0.3) is 10.2 Å². The van der Waals surface area contributed by atoms with Crippen molar-refractivity contribution in [3.63, 3.8) is 0 Å². The highest BCUT2D eigenvalue weighted by atomic mass is 32.1. The van der Waals surface area contributed by atoms with Crippen molar-refractivity contribution in [1.29, 1.82) is 0 Å². The van der Waals surface area contributed by atoms with Gasteiger partial charge in [-0.2, -0.15) is 4.98 Å². The summed E-state index contributed by atoms with van der Waals surface area (Å²) in [5.74, 6) is 1.25. The summed E-state index contributed by atoms with van der Waals surface area (Å²) in [6, 6.07) is 1.62. The molecule has 1 unspecified atom stereocenters. The molecule has 0 aromatic carbocycles. The number of thiophene rings is 1. The number of carbonyl (C=O) groups excluding carboxylic acids is 1. The summed E-state index contributed by atoms with van der Waals surface area (Å²) in [6.45, 7) is 7.29. The summed E-state index contributed by atoms with van der Waals surface area (Å²) < 4.78 is 0. The number of hydrogen-bond donors (Lipinski definition) is 3. The molecule has 2 aromatic rings. The van der Waals surface area contributed by atoms with Gasteiger partial charge in [-0.15, -0.1) is 11.3 Å². The first kappa shape index (κ1) is 15.5. The molecule has 2 aromatic heterocycles. The number of nitrogens with zero attached hydrogens (tertiary/aromatic N) is 2. The molecule has 1 atom stereocenters. The molecule has 0 aliphatic carbocycles. The Labute approximate surface area is 128 Å². The zero-order valence-electron chi connectivity index (χ0n) is 12.6. The van der Waals surface area contributed by atoms with E-state index in [2.05, 4.69) is 25.9 Å². The standard InChI is InChI=1S/C14H21N5OS/c1-4-7-16-12(20)9(3)17-11-10-6-8-21-13(10)19-14(18-11)15-5-2/h6,8-9H,4-5,7H2,1-3H3,(H,16,20)(H2,15,17,18,19). The molecule has 0 aliphatic heterocycles. The Bertz CT molecular complexity index is 612. The maximum atomic E-state index is 12.0. The lowest BCUT2D eigenvalue weighted by Gasteiger charge is -2.15. The Kier molecular flexibility index (Phi) is 5.32. The molecule has 0 radical (unpaired) electrons. The lowest BCUT2D eigenvalue weighted by Crippen LogP contribution is -2.38. The summed E-state index contributed by atoms with van der Waals surface area (Å²) in [7, 11) is 0. The van der Waals surface area contributed by atoms with Gasteiger partial charge in [0.15, 0.2) is 0 Å². The first-order valence-corrected chi connectivity index (χ1v) is 8.07. The maximum absolute atomic E-state index is 12.0. The van der Waals surface area contributed by atoms with Crippen LogP contribution in [0, 0.1) is 0 Å². The topological polar surface area (TPSA) is 78.9 Å². The third-order valence-electron chi connectivity index (χ3n) is 2.96. The molecule has 3 N–H and O–H groups in total. The fourth-order valence-electron chi connectivity index (χ4n) is 1.87. The van der Waals surface area contributed by atoms with E-state index in [9.17, 15) is 4.79 Å². The van der Waals surface area contributed by atoms with Crippen molar-refractivity contribution >= 4 is 39.2 Å². The van der Waals surface area contributed by atoms with Crippen LogP contribution in [-0.2, 0) is 4.79 Å². The van der Waals surface area contributed by atoms with Gasteiger partial charge in [0.2, 0.25) is 11.9 Å². The molecule has 114 valence electrons. The van der Waals surface area contributed by atoms with Crippen LogP contribution in [0.2, 0.25) is 0 Å². The summed E-state index contributed by atoms with van der Waals surface area (Å²) in [5.41, 5.74) is 0. The maximum Gasteiger partial charge on any atom is 0.242 e. The summed E-state index contributed by atoms with van der Waals surface area (Å²) in [4.78, 5) is 21.8. The van der Waals surface area contributed by atoms with Crippen molar-refractivity contribution in [3.05, 3.63) is 11.4 Å². The van der Waals surface area contributed by atoms with E-state index in [0.717, 1.165) is 23.2 Å². The van der Waals surface area contributed by atoms with Crippen molar-refractivity contribution < 1.29 is 4.79 Å². The van der Waals surface area contributed by atoms with Crippen molar-refractivity contribution in [1.82, 2.24) is 15.3 Å². The van der Waals surface area contributed by atoms with Crippen molar-refractivity contribution in [3.8, 4) is 0 Å². The molecule has 2 heterocycles. The third-order valence-corrected chi connectivity index (χ3v) is 3.76. The summed E-state index contributed by atoms with van der Waals surface area (Å²) in [5, 5.41) is 12.1. The molecule has 0 saturated heterocycles. The normalized spacial score (nSPS) is 12.1. The van der Waals surface area contributed by atoms with E-state index in [-0.39, 0.29) is 11.9 Å². The molecule has 1 amide bonds. The quantitative estimate of drug-likeness (QED) is 0.732. The van der Waals surface area contributed by atoms with Gasteiger partial charge in [-0.3, -0.25) is 4.79 Å². The van der Waals surface area contributed by atoms with E-state index in [0.29, 0.717) is 18.3 Å². The monoisotopic (exact) mass is 307 g/mol. The zero-order chi connectivity index (χ0) is 15.2. The number of aromatic nitrogens is 2. The zero-order valence-corrected chi connectivity index (χ0v) is 13.4. The summed E-state index contributed by atoms with van der Waals surface area (Å²) >= 11 is 1.56. The molecule has 0 aliphatic rings. The Morgan fingerprint density at radius 1 is 1.38 bits per heavy atom. The molecule has 0 saturated carbocycles. The number of carbonyl (C=O) groups is 1. The number of hydrogen-bond acceptors (Lipinski definition) is 6. The number of fused-ring (bicyclic) bond motifs is 1. The SMILES string of the molecule is CCCNC(=O)C(C)Nc1nc(NCC)nc2sccc12. The second kappa shape index (κ2) is 7.21. The first-order valence-electron chi connectivity index (χ1n) is 7.19. The highest BCUT2D eigenvalue weighted by molar-refractivity contribution is 7.16. The summed E-state index contributed by atoms with van der Waals surface area (Å²) in [6.07, 6.45) is 0.922. The van der Waals surface area contributed by atoms with E-state index < -0.39 is 0 Å². The van der Waals surface area contributed by atoms with E-state index in [1.54, 1.807) is 11.3 Å². The van der Waals surface area contributed by atoms with Gasteiger partial charge < -0.3 is 16.0 Å². The minimum Gasteiger partial charge on any atom is -0.358 e. The highest BCUT2D eigenvalue weighted by Gasteiger charge is 2.15. The largest absolute Gasteiger partial charge is 0.358 e. The number of rotatable bonds is 7. The highest BCUT2D eigenvalue weighted by Crippen LogP contribution is 2.26. The predicted molar refractivity (Wildman–Crippen MR) is 88.0 cm³/mol. The van der Waals surface area contributed by atoms with E-state index in [4.69, 9.17) is 0 Å². The van der Waals surface area contributed by atoms with Crippen LogP contribution in [-0.4, -0.2) is 35.0 Å². The fraction of sp³-hybridized carbons (Fsp3) is 0.500. The van der Waals surface area contributed by atoms with Gasteiger partial charge in [0.1, 0.15) is 16.7 Å². The van der Waals surface area contributed by atoms with Crippen molar-refractivity contribution in [2.45, 2.75) is 33.2 Å². The first-order chi connectivity index (χ1) is 10.2. The second-order valence-corrected chi connectivity index (χ2v) is 5.62. The van der Waals surface area contributed by atoms with Gasteiger partial charge in [0, 0.05) is 13.1 Å². The van der Waals surface area contributed by atoms with Gasteiger partial charge in [0.25, 0.3) is 0 Å². The van der Waals surface area contributed by atoms with E-state index >= 15 is 0 Å². The molecule has 2 rings (SSSR count). The van der Waals surface area contributed by atoms with Crippen LogP contribution in [0.1, 0.15) is 27.2 Å². The Hall–Kier alpha value is -1.89. The van der Waals surface area contributed by atoms with E-state index in [1.165, 1.54) is 0 Å². The minimum absolute atomic E-state index is 0.0242. The van der Waals surface area contributed by atoms with Crippen LogP contribution in [0.3, 0.4) is 0 Å². The van der Waals surface area contributed by atoms with Crippen LogP contribution < -0.4 is 16.0 Å². The van der Waals surface area contributed by atoms with Crippen LogP contribution >= 0.6 is 11.3 Å². The molecule has 21 heavy (non-hydrogen) atoms. The number of nitrogens with one attached hydrogen (secondary N) is 3. The van der Waals surface area contributed by atoms with E-state index in [1.807, 2.05) is 32.2 Å². The Morgan fingerprint density at radius 3 is 2.90 bits per heavy atom. The van der Waals surface area contributed by atoms with Gasteiger partial charge >= 0.3 is 0 Å². The average Bonchev–Trinajstić information content (AvgIpc) is 2.93. The molecule has 6 nitrogen and oxygen atoms in total. The molecular weight excluding hydrogens is 286 g/mol. The Balaban J connectivity index is 2.19. The molecule has 7 heteroatoms. The van der Waals surface area contributed by atoms with Crippen molar-refractivity contribution in [2.24, 2.45) is 0 Å². The van der Waals surface area contributed by atoms with Crippen LogP contribution in [0.15, 0.2) is 11.4 Å². The molecule has 0 fully saturated rings. The van der Waals surface area contributed by atoms with Gasteiger partial charge in [-0.05, 0) is 31.7 Å².